The molecule has 0 fully saturated rings. The number of aromatic nitrogens is 2. The Kier molecular flexibility index (Phi) is 10.0. The minimum absolute atomic E-state index is 0.0476. The molecule has 0 saturated carbocycles. The normalized spacial score (nSPS) is 18.6. The molecule has 0 radical (unpaired) electrons. The summed E-state index contributed by atoms with van der Waals surface area (Å²) in [5.41, 5.74) is 2.65. The number of amides is 4. The third-order valence-electron chi connectivity index (χ3n) is 9.06. The third-order valence-corrected chi connectivity index (χ3v) is 9.06. The van der Waals surface area contributed by atoms with Gasteiger partial charge in [-0.05, 0) is 42.0 Å². The molecule has 3 aromatic rings. The maximum Gasteiger partial charge on any atom is 0.305 e. The summed E-state index contributed by atoms with van der Waals surface area (Å²) in [6.07, 6.45) is 0.638. The van der Waals surface area contributed by atoms with Crippen LogP contribution in [0.25, 0.3) is 11.5 Å². The van der Waals surface area contributed by atoms with Gasteiger partial charge in [0.1, 0.15) is 24.2 Å². The first-order chi connectivity index (χ1) is 22.9. The lowest BCUT2D eigenvalue weighted by molar-refractivity contribution is -0.140. The van der Waals surface area contributed by atoms with Crippen molar-refractivity contribution in [2.45, 2.75) is 77.0 Å². The van der Waals surface area contributed by atoms with Crippen LogP contribution in [0, 0.1) is 5.92 Å². The van der Waals surface area contributed by atoms with Crippen molar-refractivity contribution in [1.82, 2.24) is 25.7 Å². The molecule has 2 aliphatic heterocycles. The van der Waals surface area contributed by atoms with E-state index in [4.69, 9.17) is 4.42 Å². The fourth-order valence-corrected chi connectivity index (χ4v) is 6.29. The number of nitrogens with zero attached hydrogens (tertiary/aromatic N) is 4. The van der Waals surface area contributed by atoms with Crippen molar-refractivity contribution in [3.05, 3.63) is 65.5 Å². The highest BCUT2D eigenvalue weighted by Gasteiger charge is 2.45. The number of likely N-dealkylation sites (N-methyl/N-ethyl adjacent to an activating group) is 1. The first-order valence-electron chi connectivity index (χ1n) is 15.8. The number of para-hydroxylation sites is 1. The van der Waals surface area contributed by atoms with Crippen LogP contribution >= 0.6 is 0 Å². The van der Waals surface area contributed by atoms with Gasteiger partial charge in [0, 0.05) is 26.0 Å². The van der Waals surface area contributed by atoms with Gasteiger partial charge in [0.2, 0.25) is 35.3 Å². The number of aliphatic carboxylic acids is 1. The van der Waals surface area contributed by atoms with Crippen LogP contribution in [0.4, 0.5) is 5.69 Å². The van der Waals surface area contributed by atoms with Gasteiger partial charge in [0.05, 0.1) is 12.1 Å². The van der Waals surface area contributed by atoms with Crippen molar-refractivity contribution in [2.24, 2.45) is 5.92 Å². The monoisotopic (exact) mass is 658 g/mol. The van der Waals surface area contributed by atoms with E-state index < -0.39 is 66.0 Å². The van der Waals surface area contributed by atoms with Gasteiger partial charge < -0.3 is 25.1 Å². The van der Waals surface area contributed by atoms with Crippen molar-refractivity contribution in [1.29, 1.82) is 0 Å². The summed E-state index contributed by atoms with van der Waals surface area (Å²) in [5, 5.41) is 22.6. The summed E-state index contributed by atoms with van der Waals surface area (Å²) < 4.78 is 5.53. The topological polar surface area (TPSA) is 192 Å². The average molecular weight is 659 g/mol. The lowest BCUT2D eigenvalue weighted by atomic mass is 9.96. The summed E-state index contributed by atoms with van der Waals surface area (Å²) >= 11 is 0. The van der Waals surface area contributed by atoms with E-state index in [2.05, 4.69) is 20.8 Å². The van der Waals surface area contributed by atoms with Crippen LogP contribution in [-0.2, 0) is 36.8 Å². The molecule has 0 aliphatic carbocycles. The quantitative estimate of drug-likeness (QED) is 0.243. The fourth-order valence-electron chi connectivity index (χ4n) is 6.29. The molecule has 5 rings (SSSR count). The lowest BCUT2D eigenvalue weighted by Gasteiger charge is -2.33. The number of carboxylic acid groups (broad SMARTS) is 1. The number of carbonyl (C=O) groups excluding carboxylic acids is 5. The van der Waals surface area contributed by atoms with E-state index in [9.17, 15) is 33.9 Å². The maximum absolute atomic E-state index is 14.2. The van der Waals surface area contributed by atoms with E-state index in [-0.39, 0.29) is 30.6 Å². The number of carbonyl (C=O) groups is 6. The molecule has 1 aromatic heterocycles. The second kappa shape index (κ2) is 14.2. The molecule has 3 heterocycles. The van der Waals surface area contributed by atoms with E-state index >= 15 is 0 Å². The Morgan fingerprint density at radius 1 is 1.06 bits per heavy atom. The Bertz CT molecular complexity index is 1740. The van der Waals surface area contributed by atoms with Crippen molar-refractivity contribution < 1.29 is 38.3 Å². The van der Waals surface area contributed by atoms with Gasteiger partial charge in [-0.2, -0.15) is 0 Å². The molecular weight excluding hydrogens is 620 g/mol. The Balaban J connectivity index is 1.40. The summed E-state index contributed by atoms with van der Waals surface area (Å²) in [4.78, 5) is 81.8. The second-order valence-electron chi connectivity index (χ2n) is 12.2. The molecule has 4 amide bonds. The predicted molar refractivity (Wildman–Crippen MR) is 172 cm³/mol. The number of hydrogen-bond donors (Lipinski definition) is 3. The minimum Gasteiger partial charge on any atom is -0.481 e. The van der Waals surface area contributed by atoms with Gasteiger partial charge in [0.25, 0.3) is 5.89 Å². The molecule has 48 heavy (non-hydrogen) atoms. The number of ketones is 1. The molecule has 2 aromatic carbocycles. The van der Waals surface area contributed by atoms with Gasteiger partial charge in [-0.15, -0.1) is 10.2 Å². The Morgan fingerprint density at radius 2 is 1.77 bits per heavy atom. The van der Waals surface area contributed by atoms with Crippen LogP contribution in [0.15, 0.2) is 52.9 Å². The number of hydrogen-bond acceptors (Lipinski definition) is 9. The summed E-state index contributed by atoms with van der Waals surface area (Å²) in [6, 6.07) is 9.63. The van der Waals surface area contributed by atoms with E-state index in [0.29, 0.717) is 24.1 Å². The standard InChI is InChI=1S/C34H38N6O8/c1-5-18(2)27(39(4)19(3)41)31(46)35-23-15-14-20-12-9-13-22-16-25(40(28(20)22)34(23)47)30(45)36-24(17-26(42)43)29(44)33-38-37-32(48-33)21-10-7-6-8-11-21/h6-13,18,23-25,27H,5,14-17H2,1-4H3,(H,35,46)(H,36,45)(H,42,43). The Hall–Kier alpha value is -5.40. The molecule has 3 N–H and O–H groups in total. The van der Waals surface area contributed by atoms with Crippen LogP contribution < -0.4 is 15.5 Å². The number of Topliss-reactive ketones (excluding diaryl/α,β-unsaturated/α-hetero) is 1. The van der Waals surface area contributed by atoms with E-state index in [0.717, 1.165) is 11.1 Å². The predicted octanol–water partition coefficient (Wildman–Crippen LogP) is 2.16. The zero-order chi connectivity index (χ0) is 34.7. The molecule has 5 atom stereocenters. The van der Waals surface area contributed by atoms with Crippen molar-refractivity contribution >= 4 is 41.1 Å². The molecule has 14 heteroatoms. The second-order valence-corrected chi connectivity index (χ2v) is 12.2. The molecule has 0 saturated heterocycles. The highest BCUT2D eigenvalue weighted by Crippen LogP contribution is 2.39. The molecular formula is C34H38N6O8. The lowest BCUT2D eigenvalue weighted by Crippen LogP contribution is -2.59. The molecule has 0 bridgehead atoms. The molecule has 5 unspecified atom stereocenters. The van der Waals surface area contributed by atoms with Crippen LogP contribution in [0.1, 0.15) is 61.8 Å². The zero-order valence-electron chi connectivity index (χ0n) is 27.1. The van der Waals surface area contributed by atoms with E-state index in [1.165, 1.54) is 16.7 Å². The van der Waals surface area contributed by atoms with Crippen LogP contribution in [0.2, 0.25) is 0 Å². The van der Waals surface area contributed by atoms with Crippen LogP contribution in [0.5, 0.6) is 0 Å². The van der Waals surface area contributed by atoms with Crippen molar-refractivity contribution in [2.75, 3.05) is 11.9 Å². The number of carboxylic acids is 1. The zero-order valence-corrected chi connectivity index (χ0v) is 27.1. The Labute approximate surface area is 276 Å². The molecule has 252 valence electrons. The maximum atomic E-state index is 14.2. The molecule has 2 aliphatic rings. The highest BCUT2D eigenvalue weighted by atomic mass is 16.4. The molecule has 0 spiro atoms. The largest absolute Gasteiger partial charge is 0.481 e. The van der Waals surface area contributed by atoms with Gasteiger partial charge >= 0.3 is 5.97 Å². The SMILES string of the molecule is CCC(C)C(C(=O)NC1CCc2cccc3c2N(C1=O)C(C(=O)NC(CC(=O)O)C(=O)c1nnc(-c2ccccc2)o1)C3)N(C)C(C)=O. The smallest absolute Gasteiger partial charge is 0.305 e. The third kappa shape index (κ3) is 6.82. The van der Waals surface area contributed by atoms with Crippen molar-refractivity contribution in [3.8, 4) is 11.5 Å². The average Bonchev–Trinajstić information content (AvgIpc) is 3.69. The van der Waals surface area contributed by atoms with Gasteiger partial charge in [-0.1, -0.05) is 56.7 Å². The van der Waals surface area contributed by atoms with Gasteiger partial charge in [-0.25, -0.2) is 0 Å². The first-order valence-corrected chi connectivity index (χ1v) is 15.8. The molecule has 14 nitrogen and oxygen atoms in total. The van der Waals surface area contributed by atoms with E-state index in [1.54, 1.807) is 43.4 Å². The minimum atomic E-state index is -1.57. The number of benzene rings is 2. The number of rotatable bonds is 12. The van der Waals surface area contributed by atoms with Crippen LogP contribution in [0.3, 0.4) is 0 Å². The van der Waals surface area contributed by atoms with Crippen LogP contribution in [-0.4, -0.2) is 86.8 Å². The van der Waals surface area contributed by atoms with Gasteiger partial charge in [0.15, 0.2) is 0 Å². The van der Waals surface area contributed by atoms with Gasteiger partial charge in [-0.3, -0.25) is 33.7 Å². The summed E-state index contributed by atoms with van der Waals surface area (Å²) in [5.74, 6) is -4.92. The summed E-state index contributed by atoms with van der Waals surface area (Å²) in [7, 11) is 1.54. The summed E-state index contributed by atoms with van der Waals surface area (Å²) in [6.45, 7) is 5.13. The first kappa shape index (κ1) is 33.9. The number of anilines is 1. The Morgan fingerprint density at radius 3 is 2.44 bits per heavy atom. The van der Waals surface area contributed by atoms with E-state index in [1.807, 2.05) is 26.0 Å². The van der Waals surface area contributed by atoms with Crippen molar-refractivity contribution in [3.63, 3.8) is 0 Å². The highest BCUT2D eigenvalue weighted by molar-refractivity contribution is 6.09. The fraction of sp³-hybridized carbons (Fsp3) is 0.412. The number of aryl methyl sites for hydroxylation is 1. The number of nitrogens with one attached hydrogen (secondary N) is 2.